The molecule has 0 radical (unpaired) electrons. The molecule has 0 atom stereocenters. The summed E-state index contributed by atoms with van der Waals surface area (Å²) in [7, 11) is 0. The minimum absolute atomic E-state index is 0.0648. The van der Waals surface area contributed by atoms with Crippen molar-refractivity contribution in [3.63, 3.8) is 0 Å². The minimum Gasteiger partial charge on any atom is -0.545 e. The van der Waals surface area contributed by atoms with E-state index in [1.807, 2.05) is 0 Å². The van der Waals surface area contributed by atoms with E-state index in [2.05, 4.69) is 19.7 Å². The van der Waals surface area contributed by atoms with Crippen molar-refractivity contribution in [2.24, 2.45) is 0 Å². The molecule has 0 rings (SSSR count). The Morgan fingerprint density at radius 1 is 1.25 bits per heavy atom. The van der Waals surface area contributed by atoms with Gasteiger partial charge in [0.25, 0.3) is 0 Å². The zero-order valence-electron chi connectivity index (χ0n) is 6.75. The Bertz CT molecular complexity index is 179. The van der Waals surface area contributed by atoms with Crippen molar-refractivity contribution >= 4 is 17.9 Å². The van der Waals surface area contributed by atoms with Gasteiger partial charge < -0.3 is 9.90 Å². The van der Waals surface area contributed by atoms with Gasteiger partial charge in [-0.15, -0.1) is 0 Å². The maximum Gasteiger partial charge on any atom is 0.116 e. The third kappa shape index (κ3) is 92.1. The summed E-state index contributed by atoms with van der Waals surface area (Å²) in [6.45, 7) is 9.84. The third-order valence-electron chi connectivity index (χ3n) is 0.348. The normalized spacial score (nSPS) is 5.08. The molecule has 0 amide bonds. The molecule has 0 aliphatic rings. The molecule has 4 nitrogen and oxygen atoms in total. The standard InChI is InChI=1S/C4H6O2.2C2H2O/c1-3(2)4(5)6;2*1-2-3/h1H2,2H3,(H,5,6);2*1H2/p-1. The molecule has 12 heavy (non-hydrogen) atoms. The number of carbonyl (C=O) groups is 1. The van der Waals surface area contributed by atoms with Crippen LogP contribution in [0.25, 0.3) is 0 Å². The van der Waals surface area contributed by atoms with E-state index in [4.69, 9.17) is 9.59 Å². The van der Waals surface area contributed by atoms with Crippen molar-refractivity contribution in [2.75, 3.05) is 0 Å². The maximum atomic E-state index is 9.49. The summed E-state index contributed by atoms with van der Waals surface area (Å²) in [4.78, 5) is 26.6. The fourth-order valence-corrected chi connectivity index (χ4v) is 0. The Hall–Kier alpha value is -1.89. The van der Waals surface area contributed by atoms with E-state index in [0.717, 1.165) is 0 Å². The van der Waals surface area contributed by atoms with Crippen LogP contribution in [0, 0.1) is 0 Å². The van der Waals surface area contributed by atoms with Crippen molar-refractivity contribution in [1.82, 2.24) is 0 Å². The Balaban J connectivity index is -0.000000115. The first-order chi connectivity index (χ1) is 5.47. The van der Waals surface area contributed by atoms with Gasteiger partial charge in [0.05, 0.1) is 5.97 Å². The summed E-state index contributed by atoms with van der Waals surface area (Å²) in [5.41, 5.74) is 0.0648. The molecule has 0 aromatic heterocycles. The number of carbonyl (C=O) groups excluding carboxylic acids is 3. The molecule has 0 spiro atoms. The highest BCUT2D eigenvalue weighted by Crippen LogP contribution is 1.77. The smallest absolute Gasteiger partial charge is 0.116 e. The molecule has 66 valence electrons. The first kappa shape index (κ1) is 16.6. The van der Waals surface area contributed by atoms with E-state index in [-0.39, 0.29) is 5.57 Å². The number of hydrogen-bond acceptors (Lipinski definition) is 4. The van der Waals surface area contributed by atoms with Gasteiger partial charge in [-0.3, -0.25) is 0 Å². The number of hydrogen-bond donors (Lipinski definition) is 0. The van der Waals surface area contributed by atoms with Crippen molar-refractivity contribution in [3.8, 4) is 0 Å². The maximum absolute atomic E-state index is 9.49. The predicted octanol–water partition coefficient (Wildman–Crippen LogP) is -0.680. The lowest BCUT2D eigenvalue weighted by Crippen LogP contribution is -2.22. The molecule has 0 aromatic carbocycles. The van der Waals surface area contributed by atoms with Crippen LogP contribution in [-0.2, 0) is 14.4 Å². The van der Waals surface area contributed by atoms with E-state index < -0.39 is 5.97 Å². The van der Waals surface area contributed by atoms with E-state index in [0.29, 0.717) is 0 Å². The van der Waals surface area contributed by atoms with Crippen LogP contribution >= 0.6 is 0 Å². The molecule has 0 fully saturated rings. The highest BCUT2D eigenvalue weighted by molar-refractivity contribution is 5.82. The summed E-state index contributed by atoms with van der Waals surface area (Å²) in [6.07, 6.45) is 0. The predicted molar refractivity (Wildman–Crippen MR) is 42.5 cm³/mol. The van der Waals surface area contributed by atoms with Gasteiger partial charge in [0, 0.05) is 0 Å². The monoisotopic (exact) mass is 169 g/mol. The summed E-state index contributed by atoms with van der Waals surface area (Å²) in [6, 6.07) is 0. The lowest BCUT2D eigenvalue weighted by molar-refractivity contribution is -0.299. The van der Waals surface area contributed by atoms with E-state index in [9.17, 15) is 9.90 Å². The van der Waals surface area contributed by atoms with Crippen LogP contribution in [0.4, 0.5) is 0 Å². The summed E-state index contributed by atoms with van der Waals surface area (Å²) in [5.74, 6) is 1.31. The van der Waals surface area contributed by atoms with Crippen LogP contribution in [0.2, 0.25) is 0 Å². The Labute approximate surface area is 70.5 Å². The van der Waals surface area contributed by atoms with Crippen LogP contribution in [-0.4, -0.2) is 17.9 Å². The zero-order valence-corrected chi connectivity index (χ0v) is 6.75. The molecule has 0 N–H and O–H groups in total. The fourth-order valence-electron chi connectivity index (χ4n) is 0. The molecular formula is C8H9O4-. The van der Waals surface area contributed by atoms with Crippen LogP contribution in [0.1, 0.15) is 6.92 Å². The molecule has 0 unspecified atom stereocenters. The van der Waals surface area contributed by atoms with Crippen LogP contribution in [0.5, 0.6) is 0 Å². The van der Waals surface area contributed by atoms with Crippen LogP contribution in [0.3, 0.4) is 0 Å². The largest absolute Gasteiger partial charge is 0.545 e. The summed E-state index contributed by atoms with van der Waals surface area (Å²) < 4.78 is 0. The fraction of sp³-hybridized carbons (Fsp3) is 0.125. The molecule has 0 bridgehead atoms. The molecule has 4 heteroatoms. The highest BCUT2D eigenvalue weighted by atomic mass is 16.4. The highest BCUT2D eigenvalue weighted by Gasteiger charge is 1.76. The molecule has 0 aliphatic heterocycles. The SMILES string of the molecule is C=C(C)C(=O)[O-].C=C=O.C=C=O. The first-order valence-corrected chi connectivity index (χ1v) is 2.63. The Kier molecular flexibility index (Phi) is 22.2. The average Bonchev–Trinajstić information content (AvgIpc) is 1.90. The zero-order chi connectivity index (χ0) is 10.6. The number of aliphatic carboxylic acids is 1. The van der Waals surface area contributed by atoms with Crippen molar-refractivity contribution < 1.29 is 19.5 Å². The molecule has 0 aromatic rings. The second kappa shape index (κ2) is 16.1. The molecule has 0 aliphatic carbocycles. The minimum atomic E-state index is -1.19. The number of carboxylic acid groups (broad SMARTS) is 1. The topological polar surface area (TPSA) is 74.3 Å². The van der Waals surface area contributed by atoms with Gasteiger partial charge in [-0.2, -0.15) is 0 Å². The molecule has 0 saturated heterocycles. The van der Waals surface area contributed by atoms with Crippen LogP contribution < -0.4 is 5.11 Å². The second-order valence-electron chi connectivity index (χ2n) is 1.36. The first-order valence-electron chi connectivity index (χ1n) is 2.63. The van der Waals surface area contributed by atoms with E-state index in [1.165, 1.54) is 18.8 Å². The van der Waals surface area contributed by atoms with Gasteiger partial charge in [0.15, 0.2) is 0 Å². The van der Waals surface area contributed by atoms with Crippen molar-refractivity contribution in [2.45, 2.75) is 6.92 Å². The van der Waals surface area contributed by atoms with Crippen LogP contribution in [0.15, 0.2) is 25.3 Å². The summed E-state index contributed by atoms with van der Waals surface area (Å²) >= 11 is 0. The quantitative estimate of drug-likeness (QED) is 0.385. The second-order valence-corrected chi connectivity index (χ2v) is 1.36. The van der Waals surface area contributed by atoms with Crippen molar-refractivity contribution in [3.05, 3.63) is 25.3 Å². The lowest BCUT2D eigenvalue weighted by Gasteiger charge is -1.93. The molecule has 0 heterocycles. The van der Waals surface area contributed by atoms with Crippen molar-refractivity contribution in [1.29, 1.82) is 0 Å². The Morgan fingerprint density at radius 3 is 1.33 bits per heavy atom. The molecule has 0 saturated carbocycles. The lowest BCUT2D eigenvalue weighted by atomic mass is 10.4. The van der Waals surface area contributed by atoms with Gasteiger partial charge in [-0.05, 0) is 25.7 Å². The van der Waals surface area contributed by atoms with Gasteiger partial charge in [0.1, 0.15) is 11.9 Å². The molecular weight excluding hydrogens is 160 g/mol. The summed E-state index contributed by atoms with van der Waals surface area (Å²) in [5, 5.41) is 9.49. The number of rotatable bonds is 1. The third-order valence-corrected chi connectivity index (χ3v) is 0.348. The van der Waals surface area contributed by atoms with Gasteiger partial charge in [-0.1, -0.05) is 6.58 Å². The van der Waals surface area contributed by atoms with Gasteiger partial charge >= 0.3 is 0 Å². The Morgan fingerprint density at radius 2 is 1.33 bits per heavy atom. The van der Waals surface area contributed by atoms with E-state index in [1.54, 1.807) is 0 Å². The van der Waals surface area contributed by atoms with Gasteiger partial charge in [-0.25, -0.2) is 9.59 Å². The van der Waals surface area contributed by atoms with E-state index >= 15 is 0 Å². The number of carboxylic acids is 1. The van der Waals surface area contributed by atoms with Gasteiger partial charge in [0.2, 0.25) is 0 Å². The average molecular weight is 169 g/mol.